The maximum Gasteiger partial charge on any atom is 0.173 e. The van der Waals surface area contributed by atoms with Crippen molar-refractivity contribution in [2.24, 2.45) is 5.92 Å². The van der Waals surface area contributed by atoms with E-state index in [2.05, 4.69) is 0 Å². The van der Waals surface area contributed by atoms with Gasteiger partial charge in [0.15, 0.2) is 9.84 Å². The first-order chi connectivity index (χ1) is 4.90. The molecule has 0 aromatic heterocycles. The molecule has 0 atom stereocenters. The molecule has 0 rings (SSSR count). The van der Waals surface area contributed by atoms with Crippen LogP contribution in [0.2, 0.25) is 0 Å². The molecular formula is C8H16O2S. The Balaban J connectivity index is 4.62. The van der Waals surface area contributed by atoms with E-state index in [1.54, 1.807) is 19.9 Å². The summed E-state index contributed by atoms with van der Waals surface area (Å²) in [5.74, 6) is 0.499. The number of rotatable bonds is 3. The maximum atomic E-state index is 11.2. The highest BCUT2D eigenvalue weighted by Gasteiger charge is 2.09. The van der Waals surface area contributed by atoms with Crippen molar-refractivity contribution in [3.8, 4) is 0 Å². The first-order valence-electron chi connectivity index (χ1n) is 3.81. The third-order valence-corrected chi connectivity index (χ3v) is 3.32. The summed E-state index contributed by atoms with van der Waals surface area (Å²) in [6.45, 7) is 7.25. The molecule has 0 saturated carbocycles. The molecule has 0 heterocycles. The van der Waals surface area contributed by atoms with Crippen LogP contribution in [0.15, 0.2) is 11.0 Å². The van der Waals surface area contributed by atoms with Gasteiger partial charge in [0, 0.05) is 4.91 Å². The van der Waals surface area contributed by atoms with Crippen molar-refractivity contribution in [2.75, 3.05) is 5.75 Å². The molecule has 2 nitrogen and oxygen atoms in total. The third kappa shape index (κ3) is 3.56. The summed E-state index contributed by atoms with van der Waals surface area (Å²) in [4.78, 5) is 0.495. The van der Waals surface area contributed by atoms with Crippen molar-refractivity contribution in [1.29, 1.82) is 0 Å². The second-order valence-corrected chi connectivity index (χ2v) is 5.38. The largest absolute Gasteiger partial charge is 0.224 e. The lowest BCUT2D eigenvalue weighted by molar-refractivity contribution is 0.602. The fourth-order valence-corrected chi connectivity index (χ4v) is 1.74. The molecule has 0 amide bonds. The predicted octanol–water partition coefficient (Wildman–Crippen LogP) is 1.98. The van der Waals surface area contributed by atoms with Gasteiger partial charge in [-0.25, -0.2) is 8.42 Å². The van der Waals surface area contributed by atoms with Gasteiger partial charge in [-0.05, 0) is 12.8 Å². The molecule has 3 heteroatoms. The van der Waals surface area contributed by atoms with Gasteiger partial charge < -0.3 is 0 Å². The quantitative estimate of drug-likeness (QED) is 0.659. The van der Waals surface area contributed by atoms with Gasteiger partial charge in [0.2, 0.25) is 0 Å². The maximum absolute atomic E-state index is 11.2. The molecule has 0 spiro atoms. The van der Waals surface area contributed by atoms with Crippen molar-refractivity contribution >= 4 is 9.84 Å². The summed E-state index contributed by atoms with van der Waals surface area (Å²) in [5, 5.41) is 0. The van der Waals surface area contributed by atoms with Crippen LogP contribution in [-0.4, -0.2) is 14.2 Å². The SMILES string of the molecule is CCS(=O)(=O)/C(C)=C/C(C)C. The van der Waals surface area contributed by atoms with Crippen LogP contribution in [0.3, 0.4) is 0 Å². The molecular weight excluding hydrogens is 160 g/mol. The van der Waals surface area contributed by atoms with Crippen LogP contribution in [0.4, 0.5) is 0 Å². The lowest BCUT2D eigenvalue weighted by Crippen LogP contribution is -2.04. The lowest BCUT2D eigenvalue weighted by atomic mass is 10.2. The zero-order valence-corrected chi connectivity index (χ0v) is 8.40. The topological polar surface area (TPSA) is 34.1 Å². The van der Waals surface area contributed by atoms with Crippen molar-refractivity contribution in [2.45, 2.75) is 27.7 Å². The van der Waals surface area contributed by atoms with Crippen molar-refractivity contribution in [3.63, 3.8) is 0 Å². The average Bonchev–Trinajstić information content (AvgIpc) is 1.86. The smallest absolute Gasteiger partial charge is 0.173 e. The molecule has 0 aliphatic carbocycles. The molecule has 0 aromatic carbocycles. The standard InChI is InChI=1S/C8H16O2S/c1-5-11(9,10)8(4)6-7(2)3/h6-7H,5H2,1-4H3/b8-6+. The summed E-state index contributed by atoms with van der Waals surface area (Å²) in [7, 11) is -2.93. The lowest BCUT2D eigenvalue weighted by Gasteiger charge is -2.02. The van der Waals surface area contributed by atoms with Gasteiger partial charge in [0.05, 0.1) is 5.75 Å². The number of hydrogen-bond donors (Lipinski definition) is 0. The van der Waals surface area contributed by atoms with Crippen LogP contribution in [0.5, 0.6) is 0 Å². The van der Waals surface area contributed by atoms with E-state index < -0.39 is 9.84 Å². The minimum absolute atomic E-state index is 0.196. The molecule has 0 unspecified atom stereocenters. The van der Waals surface area contributed by atoms with E-state index in [1.807, 2.05) is 13.8 Å². The molecule has 0 aliphatic heterocycles. The molecule has 0 saturated heterocycles. The number of sulfone groups is 1. The van der Waals surface area contributed by atoms with Gasteiger partial charge in [0.1, 0.15) is 0 Å². The molecule has 0 bridgehead atoms. The Morgan fingerprint density at radius 3 is 2.18 bits per heavy atom. The highest BCUT2D eigenvalue weighted by atomic mass is 32.2. The Hall–Kier alpha value is -0.310. The van der Waals surface area contributed by atoms with E-state index in [9.17, 15) is 8.42 Å². The van der Waals surface area contributed by atoms with Crippen molar-refractivity contribution in [3.05, 3.63) is 11.0 Å². The highest BCUT2D eigenvalue weighted by Crippen LogP contribution is 2.09. The van der Waals surface area contributed by atoms with Gasteiger partial charge in [-0.15, -0.1) is 0 Å². The Kier molecular flexibility index (Phi) is 3.79. The van der Waals surface area contributed by atoms with Crippen molar-refractivity contribution < 1.29 is 8.42 Å². The monoisotopic (exact) mass is 176 g/mol. The van der Waals surface area contributed by atoms with E-state index in [4.69, 9.17) is 0 Å². The van der Waals surface area contributed by atoms with E-state index >= 15 is 0 Å². The Bertz CT molecular complexity index is 235. The summed E-state index contributed by atoms with van der Waals surface area (Å²) in [6.07, 6.45) is 1.78. The minimum atomic E-state index is -2.93. The fourth-order valence-electron chi connectivity index (χ4n) is 0.801. The summed E-state index contributed by atoms with van der Waals surface area (Å²) in [5.41, 5.74) is 0. The van der Waals surface area contributed by atoms with Crippen LogP contribution in [-0.2, 0) is 9.84 Å². The van der Waals surface area contributed by atoms with Crippen LogP contribution < -0.4 is 0 Å². The average molecular weight is 176 g/mol. The molecule has 66 valence electrons. The molecule has 0 aromatic rings. The Labute approximate surface area is 69.2 Å². The van der Waals surface area contributed by atoms with Gasteiger partial charge in [-0.3, -0.25) is 0 Å². The Morgan fingerprint density at radius 2 is 1.91 bits per heavy atom. The zero-order chi connectivity index (χ0) is 9.07. The van der Waals surface area contributed by atoms with Crippen LogP contribution in [0.25, 0.3) is 0 Å². The minimum Gasteiger partial charge on any atom is -0.224 e. The van der Waals surface area contributed by atoms with E-state index in [0.717, 1.165) is 0 Å². The second kappa shape index (κ2) is 3.90. The highest BCUT2D eigenvalue weighted by molar-refractivity contribution is 7.95. The van der Waals surface area contributed by atoms with Gasteiger partial charge in [-0.2, -0.15) is 0 Å². The van der Waals surface area contributed by atoms with Gasteiger partial charge in [0.25, 0.3) is 0 Å². The molecule has 0 N–H and O–H groups in total. The molecule has 11 heavy (non-hydrogen) atoms. The third-order valence-electron chi connectivity index (χ3n) is 1.44. The fraction of sp³-hybridized carbons (Fsp3) is 0.750. The summed E-state index contributed by atoms with van der Waals surface area (Å²) < 4.78 is 22.3. The number of hydrogen-bond acceptors (Lipinski definition) is 2. The van der Waals surface area contributed by atoms with Crippen LogP contribution in [0, 0.1) is 5.92 Å². The summed E-state index contributed by atoms with van der Waals surface area (Å²) >= 11 is 0. The van der Waals surface area contributed by atoms with Gasteiger partial charge in [-0.1, -0.05) is 26.8 Å². The molecule has 0 radical (unpaired) electrons. The number of allylic oxidation sites excluding steroid dienone is 2. The normalized spacial score (nSPS) is 14.1. The van der Waals surface area contributed by atoms with Crippen LogP contribution in [0.1, 0.15) is 27.7 Å². The van der Waals surface area contributed by atoms with E-state index in [1.165, 1.54) is 0 Å². The van der Waals surface area contributed by atoms with E-state index in [0.29, 0.717) is 10.8 Å². The predicted molar refractivity (Wildman–Crippen MR) is 48.1 cm³/mol. The van der Waals surface area contributed by atoms with E-state index in [-0.39, 0.29) is 5.75 Å². The summed E-state index contributed by atoms with van der Waals surface area (Å²) in [6, 6.07) is 0. The van der Waals surface area contributed by atoms with Crippen molar-refractivity contribution in [1.82, 2.24) is 0 Å². The Morgan fingerprint density at radius 1 is 1.45 bits per heavy atom. The first-order valence-corrected chi connectivity index (χ1v) is 5.46. The van der Waals surface area contributed by atoms with Gasteiger partial charge >= 0.3 is 0 Å². The first kappa shape index (κ1) is 10.7. The zero-order valence-electron chi connectivity index (χ0n) is 7.59. The van der Waals surface area contributed by atoms with Crippen LogP contribution >= 0.6 is 0 Å². The molecule has 0 fully saturated rings. The second-order valence-electron chi connectivity index (χ2n) is 2.92. The molecule has 0 aliphatic rings.